The average molecular weight is 344 g/mol. The summed E-state index contributed by atoms with van der Waals surface area (Å²) >= 11 is 2.25. The maximum atomic E-state index is 12.0. The third-order valence-corrected chi connectivity index (χ3v) is 4.10. The van der Waals surface area contributed by atoms with Crippen LogP contribution in [0.2, 0.25) is 0 Å². The van der Waals surface area contributed by atoms with Gasteiger partial charge in [-0.05, 0) is 40.8 Å². The van der Waals surface area contributed by atoms with E-state index in [0.717, 1.165) is 27.9 Å². The largest absolute Gasteiger partial charge is 0.380 e. The minimum atomic E-state index is -0.0764. The lowest BCUT2D eigenvalue weighted by Crippen LogP contribution is -2.43. The Labute approximate surface area is 113 Å². The molecule has 0 radical (unpaired) electrons. The van der Waals surface area contributed by atoms with Crippen LogP contribution in [-0.2, 0) is 9.53 Å². The molecule has 90 valence electrons. The first-order chi connectivity index (χ1) is 8.19. The minimum Gasteiger partial charge on any atom is -0.380 e. The Morgan fingerprint density at radius 1 is 1.53 bits per heavy atom. The van der Waals surface area contributed by atoms with Gasteiger partial charge in [0, 0.05) is 23.6 Å². The van der Waals surface area contributed by atoms with E-state index in [1.54, 1.807) is 7.11 Å². The van der Waals surface area contributed by atoms with Crippen LogP contribution in [0, 0.1) is 3.57 Å². The van der Waals surface area contributed by atoms with Crippen LogP contribution in [0.3, 0.4) is 0 Å². The summed E-state index contributed by atoms with van der Waals surface area (Å²) in [6.07, 6.45) is 0.921. The Bertz CT molecular complexity index is 478. The molecule has 2 unspecified atom stereocenters. The van der Waals surface area contributed by atoms with Gasteiger partial charge in [-0.15, -0.1) is 0 Å². The summed E-state index contributed by atoms with van der Waals surface area (Å²) < 4.78 is 6.49. The fourth-order valence-corrected chi connectivity index (χ4v) is 3.05. The smallest absolute Gasteiger partial charge is 0.247 e. The monoisotopic (exact) mass is 344 g/mol. The molecule has 3 rings (SSSR count). The molecule has 2 heterocycles. The number of ether oxygens (including phenoxy) is 1. The summed E-state index contributed by atoms with van der Waals surface area (Å²) in [5.74, 6) is 0.0825. The van der Waals surface area contributed by atoms with E-state index in [-0.39, 0.29) is 18.1 Å². The highest BCUT2D eigenvalue weighted by molar-refractivity contribution is 14.1. The Hall–Kier alpha value is -0.820. The zero-order valence-corrected chi connectivity index (χ0v) is 11.6. The van der Waals surface area contributed by atoms with Crippen LogP contribution in [0.1, 0.15) is 6.42 Å². The topological polar surface area (TPSA) is 41.6 Å². The van der Waals surface area contributed by atoms with Crippen LogP contribution in [0.15, 0.2) is 18.2 Å². The van der Waals surface area contributed by atoms with Crippen LogP contribution in [0.4, 0.5) is 11.4 Å². The highest BCUT2D eigenvalue weighted by atomic mass is 127. The summed E-state index contributed by atoms with van der Waals surface area (Å²) in [4.78, 5) is 14.2. The summed E-state index contributed by atoms with van der Waals surface area (Å²) in [5.41, 5.74) is 2.02. The van der Waals surface area contributed by atoms with Crippen molar-refractivity contribution < 1.29 is 9.53 Å². The summed E-state index contributed by atoms with van der Waals surface area (Å²) in [7, 11) is 1.70. The second-order valence-electron chi connectivity index (χ2n) is 4.41. The molecule has 1 amide bonds. The van der Waals surface area contributed by atoms with E-state index in [1.807, 2.05) is 6.07 Å². The molecule has 0 spiro atoms. The number of halogens is 1. The number of nitrogens with zero attached hydrogens (tertiary/aromatic N) is 1. The van der Waals surface area contributed by atoms with Gasteiger partial charge in [-0.25, -0.2) is 0 Å². The molecule has 5 heteroatoms. The van der Waals surface area contributed by atoms with Crippen LogP contribution in [-0.4, -0.2) is 31.7 Å². The minimum absolute atomic E-state index is 0.0764. The van der Waals surface area contributed by atoms with E-state index < -0.39 is 0 Å². The van der Waals surface area contributed by atoms with Gasteiger partial charge in [0.2, 0.25) is 5.91 Å². The second kappa shape index (κ2) is 4.13. The first kappa shape index (κ1) is 11.3. The highest BCUT2D eigenvalue weighted by Crippen LogP contribution is 2.37. The third-order valence-electron chi connectivity index (χ3n) is 3.42. The van der Waals surface area contributed by atoms with Crippen molar-refractivity contribution in [2.24, 2.45) is 0 Å². The summed E-state index contributed by atoms with van der Waals surface area (Å²) in [5, 5.41) is 2.98. The van der Waals surface area contributed by atoms with Crippen LogP contribution in [0.5, 0.6) is 0 Å². The lowest BCUT2D eigenvalue weighted by molar-refractivity contribution is -0.117. The highest BCUT2D eigenvalue weighted by Gasteiger charge is 2.41. The van der Waals surface area contributed by atoms with Crippen molar-refractivity contribution >= 4 is 39.9 Å². The number of benzene rings is 1. The predicted molar refractivity (Wildman–Crippen MR) is 74.3 cm³/mol. The van der Waals surface area contributed by atoms with E-state index >= 15 is 0 Å². The van der Waals surface area contributed by atoms with Gasteiger partial charge in [-0.2, -0.15) is 0 Å². The van der Waals surface area contributed by atoms with Crippen LogP contribution >= 0.6 is 22.6 Å². The molecule has 2 atom stereocenters. The molecule has 0 aromatic heterocycles. The number of amides is 1. The quantitative estimate of drug-likeness (QED) is 0.791. The Balaban J connectivity index is 2.01. The molecule has 2 aliphatic heterocycles. The number of nitrogens with one attached hydrogen (secondary N) is 1. The van der Waals surface area contributed by atoms with Gasteiger partial charge in [0.05, 0.1) is 17.5 Å². The summed E-state index contributed by atoms with van der Waals surface area (Å²) in [6, 6.07) is 6.06. The number of fused-ring (bicyclic) bond motifs is 3. The van der Waals surface area contributed by atoms with E-state index in [4.69, 9.17) is 4.74 Å². The fourth-order valence-electron chi connectivity index (χ4n) is 2.56. The molecule has 1 fully saturated rings. The number of rotatable bonds is 1. The van der Waals surface area contributed by atoms with E-state index in [9.17, 15) is 4.79 Å². The van der Waals surface area contributed by atoms with Crippen molar-refractivity contribution in [1.29, 1.82) is 0 Å². The molecule has 1 aromatic rings. The molecule has 2 aliphatic rings. The van der Waals surface area contributed by atoms with Crippen molar-refractivity contribution in [1.82, 2.24) is 0 Å². The Morgan fingerprint density at radius 3 is 3.12 bits per heavy atom. The van der Waals surface area contributed by atoms with Gasteiger partial charge >= 0.3 is 0 Å². The molecule has 1 N–H and O–H groups in total. The predicted octanol–water partition coefficient (Wildman–Crippen LogP) is 1.84. The zero-order valence-electron chi connectivity index (χ0n) is 9.44. The SMILES string of the molecule is COC1CC2C(=O)Nc3cc(I)ccc3N2C1. The molecule has 4 nitrogen and oxygen atoms in total. The Morgan fingerprint density at radius 2 is 2.35 bits per heavy atom. The maximum absolute atomic E-state index is 12.0. The summed E-state index contributed by atoms with van der Waals surface area (Å²) in [6.45, 7) is 0.794. The molecule has 1 aromatic carbocycles. The number of methoxy groups -OCH3 is 1. The first-order valence-electron chi connectivity index (χ1n) is 5.59. The second-order valence-corrected chi connectivity index (χ2v) is 5.66. The molecule has 0 bridgehead atoms. The third kappa shape index (κ3) is 1.81. The fraction of sp³-hybridized carbons (Fsp3) is 0.417. The van der Waals surface area contributed by atoms with E-state index in [1.165, 1.54) is 0 Å². The van der Waals surface area contributed by atoms with Gasteiger partial charge in [0.1, 0.15) is 6.04 Å². The standard InChI is InChI=1S/C12H13IN2O2/c1-17-8-5-11-12(16)14-9-4-7(13)2-3-10(9)15(11)6-8/h2-4,8,11H,5-6H2,1H3,(H,14,16). The van der Waals surface area contributed by atoms with Crippen LogP contribution < -0.4 is 10.2 Å². The van der Waals surface area contributed by atoms with Crippen molar-refractivity contribution in [3.05, 3.63) is 21.8 Å². The van der Waals surface area contributed by atoms with Gasteiger partial charge in [-0.3, -0.25) is 4.79 Å². The van der Waals surface area contributed by atoms with Gasteiger partial charge < -0.3 is 15.0 Å². The number of hydrogen-bond acceptors (Lipinski definition) is 3. The van der Waals surface area contributed by atoms with Gasteiger partial charge in [0.15, 0.2) is 0 Å². The van der Waals surface area contributed by atoms with Crippen molar-refractivity contribution in [2.45, 2.75) is 18.6 Å². The first-order valence-corrected chi connectivity index (χ1v) is 6.67. The van der Waals surface area contributed by atoms with Crippen molar-refractivity contribution in [3.63, 3.8) is 0 Å². The van der Waals surface area contributed by atoms with Crippen molar-refractivity contribution in [2.75, 3.05) is 23.9 Å². The molecule has 0 aliphatic carbocycles. The number of carbonyl (C=O) groups is 1. The lowest BCUT2D eigenvalue weighted by atomic mass is 10.1. The average Bonchev–Trinajstić information content (AvgIpc) is 2.73. The molecule has 0 saturated carbocycles. The molecule has 1 saturated heterocycles. The molecular weight excluding hydrogens is 331 g/mol. The number of hydrogen-bond donors (Lipinski definition) is 1. The van der Waals surface area contributed by atoms with Gasteiger partial charge in [0.25, 0.3) is 0 Å². The van der Waals surface area contributed by atoms with Crippen LogP contribution in [0.25, 0.3) is 0 Å². The Kier molecular flexibility index (Phi) is 2.74. The normalized spacial score (nSPS) is 26.5. The molecular formula is C12H13IN2O2. The van der Waals surface area contributed by atoms with Crippen molar-refractivity contribution in [3.8, 4) is 0 Å². The van der Waals surface area contributed by atoms with Gasteiger partial charge in [-0.1, -0.05) is 0 Å². The maximum Gasteiger partial charge on any atom is 0.247 e. The lowest BCUT2D eigenvalue weighted by Gasteiger charge is -2.32. The zero-order chi connectivity index (χ0) is 12.0. The van der Waals surface area contributed by atoms with E-state index in [2.05, 4.69) is 44.9 Å². The van der Waals surface area contributed by atoms with E-state index in [0.29, 0.717) is 0 Å². The number of carbonyl (C=O) groups excluding carboxylic acids is 1. The molecule has 17 heavy (non-hydrogen) atoms. The number of anilines is 2.